The first kappa shape index (κ1) is 13.7. The molecule has 2 rings (SSSR count). The van der Waals surface area contributed by atoms with E-state index in [2.05, 4.69) is 0 Å². The Labute approximate surface area is 109 Å². The average Bonchev–Trinajstić information content (AvgIpc) is 2.68. The van der Waals surface area contributed by atoms with Gasteiger partial charge in [-0.25, -0.2) is 0 Å². The van der Waals surface area contributed by atoms with Crippen LogP contribution >= 0.6 is 0 Å². The van der Waals surface area contributed by atoms with E-state index in [1.54, 1.807) is 11.0 Å². The van der Waals surface area contributed by atoms with E-state index in [1.807, 2.05) is 0 Å². The van der Waals surface area contributed by atoms with E-state index in [-0.39, 0.29) is 18.8 Å². The number of aliphatic hydroxyl groups is 3. The van der Waals surface area contributed by atoms with E-state index in [0.717, 1.165) is 0 Å². The van der Waals surface area contributed by atoms with Gasteiger partial charge in [-0.05, 0) is 18.6 Å². The third-order valence-corrected chi connectivity index (χ3v) is 3.28. The van der Waals surface area contributed by atoms with Crippen molar-refractivity contribution in [3.8, 4) is 0 Å². The SMILES string of the molecule is C[C@H](O)c1ccc(N2CC(O)C(O)C2)c([N+](=O)[O-])c1. The third kappa shape index (κ3) is 2.67. The van der Waals surface area contributed by atoms with Gasteiger partial charge in [-0.15, -0.1) is 0 Å². The molecule has 0 aliphatic carbocycles. The molecule has 2 unspecified atom stereocenters. The molecule has 0 radical (unpaired) electrons. The van der Waals surface area contributed by atoms with Gasteiger partial charge in [0, 0.05) is 19.2 Å². The van der Waals surface area contributed by atoms with Crippen LogP contribution < -0.4 is 4.90 Å². The zero-order valence-corrected chi connectivity index (χ0v) is 10.4. The molecule has 0 bridgehead atoms. The maximum absolute atomic E-state index is 11.1. The fourth-order valence-corrected chi connectivity index (χ4v) is 2.18. The zero-order chi connectivity index (χ0) is 14.2. The van der Waals surface area contributed by atoms with E-state index in [0.29, 0.717) is 11.3 Å². The molecular weight excluding hydrogens is 252 g/mol. The minimum Gasteiger partial charge on any atom is -0.389 e. The van der Waals surface area contributed by atoms with Gasteiger partial charge >= 0.3 is 0 Å². The normalized spacial score (nSPS) is 24.5. The van der Waals surface area contributed by atoms with Crippen LogP contribution in [0.1, 0.15) is 18.6 Å². The van der Waals surface area contributed by atoms with Crippen molar-refractivity contribution in [1.82, 2.24) is 0 Å². The lowest BCUT2D eigenvalue weighted by atomic mass is 10.1. The minimum absolute atomic E-state index is 0.139. The molecule has 1 aromatic rings. The second kappa shape index (κ2) is 5.12. The number of nitro groups is 1. The number of anilines is 1. The Bertz CT molecular complexity index is 481. The van der Waals surface area contributed by atoms with Crippen LogP contribution in [0.3, 0.4) is 0 Å². The molecular formula is C12H16N2O5. The number of aliphatic hydroxyl groups excluding tert-OH is 3. The van der Waals surface area contributed by atoms with Crippen molar-refractivity contribution in [3.63, 3.8) is 0 Å². The molecule has 3 atom stereocenters. The van der Waals surface area contributed by atoms with E-state index in [1.165, 1.54) is 19.1 Å². The lowest BCUT2D eigenvalue weighted by Gasteiger charge is -2.18. The van der Waals surface area contributed by atoms with Crippen molar-refractivity contribution in [1.29, 1.82) is 0 Å². The van der Waals surface area contributed by atoms with Crippen molar-refractivity contribution < 1.29 is 20.2 Å². The Morgan fingerprint density at radius 3 is 2.42 bits per heavy atom. The Morgan fingerprint density at radius 1 is 1.37 bits per heavy atom. The van der Waals surface area contributed by atoms with Gasteiger partial charge in [0.25, 0.3) is 5.69 Å². The highest BCUT2D eigenvalue weighted by molar-refractivity contribution is 5.65. The monoisotopic (exact) mass is 268 g/mol. The van der Waals surface area contributed by atoms with Gasteiger partial charge in [0.05, 0.1) is 23.2 Å². The van der Waals surface area contributed by atoms with Gasteiger partial charge in [-0.2, -0.15) is 0 Å². The number of rotatable bonds is 3. The molecule has 0 saturated carbocycles. The largest absolute Gasteiger partial charge is 0.389 e. The van der Waals surface area contributed by atoms with Crippen LogP contribution in [-0.4, -0.2) is 45.5 Å². The molecule has 3 N–H and O–H groups in total. The van der Waals surface area contributed by atoms with E-state index in [9.17, 15) is 25.4 Å². The first-order chi connectivity index (χ1) is 8.90. The Balaban J connectivity index is 2.38. The lowest BCUT2D eigenvalue weighted by Crippen LogP contribution is -2.22. The van der Waals surface area contributed by atoms with Crippen LogP contribution in [0.25, 0.3) is 0 Å². The number of β-amino-alcohol motifs (C(OH)–C–C–N with tert-alkyl or cyclic N) is 2. The molecule has 7 nitrogen and oxygen atoms in total. The van der Waals surface area contributed by atoms with Crippen molar-refractivity contribution in [3.05, 3.63) is 33.9 Å². The van der Waals surface area contributed by atoms with Crippen LogP contribution in [0, 0.1) is 10.1 Å². The number of hydrogen-bond donors (Lipinski definition) is 3. The summed E-state index contributed by atoms with van der Waals surface area (Å²) < 4.78 is 0. The Hall–Kier alpha value is -1.70. The van der Waals surface area contributed by atoms with Gasteiger partial charge in [0.15, 0.2) is 0 Å². The van der Waals surface area contributed by atoms with Crippen LogP contribution in [0.15, 0.2) is 18.2 Å². The van der Waals surface area contributed by atoms with Gasteiger partial charge in [-0.3, -0.25) is 10.1 Å². The van der Waals surface area contributed by atoms with Crippen LogP contribution in [0.2, 0.25) is 0 Å². The first-order valence-electron chi connectivity index (χ1n) is 5.97. The molecule has 0 amide bonds. The van der Waals surface area contributed by atoms with E-state index >= 15 is 0 Å². The fraction of sp³-hybridized carbons (Fsp3) is 0.500. The van der Waals surface area contributed by atoms with Crippen LogP contribution in [-0.2, 0) is 0 Å². The summed E-state index contributed by atoms with van der Waals surface area (Å²) >= 11 is 0. The number of nitro benzene ring substituents is 1. The Morgan fingerprint density at radius 2 is 1.95 bits per heavy atom. The molecule has 0 spiro atoms. The van der Waals surface area contributed by atoms with Crippen molar-refractivity contribution in [2.75, 3.05) is 18.0 Å². The summed E-state index contributed by atoms with van der Waals surface area (Å²) in [5, 5.41) is 39.5. The molecule has 104 valence electrons. The molecule has 7 heteroatoms. The van der Waals surface area contributed by atoms with Gasteiger partial charge in [0.2, 0.25) is 0 Å². The highest BCUT2D eigenvalue weighted by Gasteiger charge is 2.33. The quantitative estimate of drug-likeness (QED) is 0.533. The van der Waals surface area contributed by atoms with Crippen molar-refractivity contribution >= 4 is 11.4 Å². The highest BCUT2D eigenvalue weighted by Crippen LogP contribution is 2.33. The summed E-state index contributed by atoms with van der Waals surface area (Å²) in [4.78, 5) is 12.1. The molecule has 1 fully saturated rings. The minimum atomic E-state index is -0.906. The average molecular weight is 268 g/mol. The highest BCUT2D eigenvalue weighted by atomic mass is 16.6. The number of hydrogen-bond acceptors (Lipinski definition) is 6. The smallest absolute Gasteiger partial charge is 0.292 e. The molecule has 1 aliphatic rings. The second-order valence-corrected chi connectivity index (χ2v) is 4.72. The zero-order valence-electron chi connectivity index (χ0n) is 10.4. The summed E-state index contributed by atoms with van der Waals surface area (Å²) in [5.74, 6) is 0. The molecule has 19 heavy (non-hydrogen) atoms. The summed E-state index contributed by atoms with van der Waals surface area (Å²) in [5.41, 5.74) is 0.653. The molecule has 0 aromatic heterocycles. The maximum Gasteiger partial charge on any atom is 0.292 e. The van der Waals surface area contributed by atoms with Gasteiger partial charge in [-0.1, -0.05) is 6.07 Å². The molecule has 1 heterocycles. The first-order valence-corrected chi connectivity index (χ1v) is 5.97. The van der Waals surface area contributed by atoms with Crippen LogP contribution in [0.5, 0.6) is 0 Å². The van der Waals surface area contributed by atoms with E-state index < -0.39 is 23.2 Å². The second-order valence-electron chi connectivity index (χ2n) is 4.72. The number of nitrogens with zero attached hydrogens (tertiary/aromatic N) is 2. The summed E-state index contributed by atoms with van der Waals surface area (Å²) in [6.07, 6.45) is -2.60. The van der Waals surface area contributed by atoms with Gasteiger partial charge in [0.1, 0.15) is 5.69 Å². The predicted molar refractivity (Wildman–Crippen MR) is 68.0 cm³/mol. The standard InChI is InChI=1S/C12H16N2O5/c1-7(15)8-2-3-9(10(4-8)14(18)19)13-5-11(16)12(17)6-13/h2-4,7,11-12,15-17H,5-6H2,1H3/t7-,11?,12?/m0/s1. The molecule has 1 saturated heterocycles. The predicted octanol–water partition coefficient (Wildman–Crippen LogP) is 0.190. The third-order valence-electron chi connectivity index (χ3n) is 3.28. The molecule has 1 aromatic carbocycles. The maximum atomic E-state index is 11.1. The van der Waals surface area contributed by atoms with Crippen LogP contribution in [0.4, 0.5) is 11.4 Å². The van der Waals surface area contributed by atoms with Gasteiger partial charge < -0.3 is 20.2 Å². The summed E-state index contributed by atoms with van der Waals surface area (Å²) in [6.45, 7) is 1.83. The lowest BCUT2D eigenvalue weighted by molar-refractivity contribution is -0.384. The summed E-state index contributed by atoms with van der Waals surface area (Å²) in [6, 6.07) is 4.45. The number of benzene rings is 1. The van der Waals surface area contributed by atoms with E-state index in [4.69, 9.17) is 0 Å². The summed E-state index contributed by atoms with van der Waals surface area (Å²) in [7, 11) is 0. The van der Waals surface area contributed by atoms with Crippen molar-refractivity contribution in [2.24, 2.45) is 0 Å². The Kier molecular flexibility index (Phi) is 3.70. The van der Waals surface area contributed by atoms with Crippen molar-refractivity contribution in [2.45, 2.75) is 25.2 Å². The topological polar surface area (TPSA) is 107 Å². The fourth-order valence-electron chi connectivity index (χ4n) is 2.18. The molecule has 1 aliphatic heterocycles.